The molecule has 1 rings (SSSR count). The van der Waals surface area contributed by atoms with Gasteiger partial charge in [0.05, 0.1) is 0 Å². The lowest BCUT2D eigenvalue weighted by molar-refractivity contribution is 0.101. The summed E-state index contributed by atoms with van der Waals surface area (Å²) in [7, 11) is 4.13. The van der Waals surface area contributed by atoms with Crippen molar-refractivity contribution < 1.29 is 4.79 Å². The molecule has 0 unspecified atom stereocenters. The number of benzene rings is 1. The molecule has 0 atom stereocenters. The molecule has 0 aliphatic rings. The Balaban J connectivity index is 2.42. The Morgan fingerprint density at radius 2 is 2.12 bits per heavy atom. The molecular weight excluding hydrogens is 200 g/mol. The average Bonchev–Trinajstić information content (AvgIpc) is 2.24. The number of ketones is 1. The van der Waals surface area contributed by atoms with E-state index in [2.05, 4.69) is 24.3 Å². The van der Waals surface area contributed by atoms with E-state index in [0.29, 0.717) is 0 Å². The SMILES string of the molecule is CC(=O)c1cccc(NCCCN(C)C)c1. The minimum Gasteiger partial charge on any atom is -0.385 e. The van der Waals surface area contributed by atoms with Crippen LogP contribution in [0.3, 0.4) is 0 Å². The molecule has 16 heavy (non-hydrogen) atoms. The highest BCUT2D eigenvalue weighted by Gasteiger charge is 1.99. The first kappa shape index (κ1) is 12.7. The Kier molecular flexibility index (Phi) is 4.99. The molecule has 0 bridgehead atoms. The van der Waals surface area contributed by atoms with Gasteiger partial charge in [-0.05, 0) is 46.1 Å². The van der Waals surface area contributed by atoms with Gasteiger partial charge in [0.25, 0.3) is 0 Å². The van der Waals surface area contributed by atoms with Gasteiger partial charge in [0.15, 0.2) is 5.78 Å². The number of rotatable bonds is 6. The van der Waals surface area contributed by atoms with Crippen LogP contribution in [0.15, 0.2) is 24.3 Å². The Morgan fingerprint density at radius 1 is 1.38 bits per heavy atom. The molecule has 0 saturated carbocycles. The number of nitrogens with zero attached hydrogens (tertiary/aromatic N) is 1. The molecule has 0 spiro atoms. The summed E-state index contributed by atoms with van der Waals surface area (Å²) >= 11 is 0. The number of hydrogen-bond donors (Lipinski definition) is 1. The fraction of sp³-hybridized carbons (Fsp3) is 0.462. The van der Waals surface area contributed by atoms with E-state index in [0.717, 1.165) is 30.8 Å². The van der Waals surface area contributed by atoms with E-state index in [4.69, 9.17) is 0 Å². The van der Waals surface area contributed by atoms with Crippen molar-refractivity contribution in [2.75, 3.05) is 32.5 Å². The van der Waals surface area contributed by atoms with Crippen LogP contribution in [0.1, 0.15) is 23.7 Å². The second kappa shape index (κ2) is 6.28. The minimum absolute atomic E-state index is 0.108. The largest absolute Gasteiger partial charge is 0.385 e. The topological polar surface area (TPSA) is 32.3 Å². The van der Waals surface area contributed by atoms with Gasteiger partial charge in [-0.1, -0.05) is 12.1 Å². The van der Waals surface area contributed by atoms with Crippen LogP contribution in [0.5, 0.6) is 0 Å². The smallest absolute Gasteiger partial charge is 0.159 e. The maximum atomic E-state index is 11.2. The summed E-state index contributed by atoms with van der Waals surface area (Å²) in [5, 5.41) is 3.32. The lowest BCUT2D eigenvalue weighted by atomic mass is 10.1. The zero-order valence-corrected chi connectivity index (χ0v) is 10.3. The first-order chi connectivity index (χ1) is 7.59. The van der Waals surface area contributed by atoms with Crippen molar-refractivity contribution in [3.8, 4) is 0 Å². The molecule has 0 heterocycles. The molecule has 0 aliphatic carbocycles. The maximum absolute atomic E-state index is 11.2. The van der Waals surface area contributed by atoms with Crippen molar-refractivity contribution in [1.29, 1.82) is 0 Å². The van der Waals surface area contributed by atoms with E-state index in [1.54, 1.807) is 6.92 Å². The van der Waals surface area contributed by atoms with Crippen molar-refractivity contribution >= 4 is 11.5 Å². The predicted octanol–water partition coefficient (Wildman–Crippen LogP) is 2.25. The van der Waals surface area contributed by atoms with Gasteiger partial charge in [0.1, 0.15) is 0 Å². The van der Waals surface area contributed by atoms with Gasteiger partial charge in [-0.2, -0.15) is 0 Å². The molecular formula is C13H20N2O. The second-order valence-corrected chi connectivity index (χ2v) is 4.22. The first-order valence-electron chi connectivity index (χ1n) is 5.59. The Labute approximate surface area is 97.5 Å². The quantitative estimate of drug-likeness (QED) is 0.589. The van der Waals surface area contributed by atoms with Crippen molar-refractivity contribution in [2.45, 2.75) is 13.3 Å². The molecule has 0 radical (unpaired) electrons. The third-order valence-electron chi connectivity index (χ3n) is 2.38. The number of carbonyl (C=O) groups excluding carboxylic acids is 1. The minimum atomic E-state index is 0.108. The predicted molar refractivity (Wildman–Crippen MR) is 68.1 cm³/mol. The van der Waals surface area contributed by atoms with E-state index in [9.17, 15) is 4.79 Å². The number of hydrogen-bond acceptors (Lipinski definition) is 3. The third-order valence-corrected chi connectivity index (χ3v) is 2.38. The highest BCUT2D eigenvalue weighted by Crippen LogP contribution is 2.10. The summed E-state index contributed by atoms with van der Waals surface area (Å²) in [5.74, 6) is 0.108. The lowest BCUT2D eigenvalue weighted by Crippen LogP contribution is -2.16. The molecule has 88 valence electrons. The molecule has 0 aliphatic heterocycles. The Bertz CT molecular complexity index is 348. The second-order valence-electron chi connectivity index (χ2n) is 4.22. The van der Waals surface area contributed by atoms with Crippen molar-refractivity contribution in [1.82, 2.24) is 4.90 Å². The van der Waals surface area contributed by atoms with Crippen LogP contribution in [0.4, 0.5) is 5.69 Å². The van der Waals surface area contributed by atoms with Crippen LogP contribution < -0.4 is 5.32 Å². The number of nitrogens with one attached hydrogen (secondary N) is 1. The van der Waals surface area contributed by atoms with E-state index in [1.165, 1.54) is 0 Å². The lowest BCUT2D eigenvalue weighted by Gasteiger charge is -2.11. The van der Waals surface area contributed by atoms with E-state index < -0.39 is 0 Å². The molecule has 0 aromatic heterocycles. The number of carbonyl (C=O) groups is 1. The molecule has 3 nitrogen and oxygen atoms in total. The van der Waals surface area contributed by atoms with Crippen LogP contribution in [0.2, 0.25) is 0 Å². The summed E-state index contributed by atoms with van der Waals surface area (Å²) in [6, 6.07) is 7.64. The molecule has 1 aromatic carbocycles. The number of anilines is 1. The van der Waals surface area contributed by atoms with Crippen LogP contribution >= 0.6 is 0 Å². The van der Waals surface area contributed by atoms with Crippen molar-refractivity contribution in [3.63, 3.8) is 0 Å². The van der Waals surface area contributed by atoms with Crippen LogP contribution in [-0.4, -0.2) is 37.9 Å². The monoisotopic (exact) mass is 220 g/mol. The average molecular weight is 220 g/mol. The maximum Gasteiger partial charge on any atom is 0.159 e. The van der Waals surface area contributed by atoms with Gasteiger partial charge in [0, 0.05) is 17.8 Å². The van der Waals surface area contributed by atoms with E-state index in [-0.39, 0.29) is 5.78 Å². The summed E-state index contributed by atoms with van der Waals surface area (Å²) in [6.07, 6.45) is 1.09. The summed E-state index contributed by atoms with van der Waals surface area (Å²) in [4.78, 5) is 13.3. The van der Waals surface area contributed by atoms with E-state index >= 15 is 0 Å². The zero-order chi connectivity index (χ0) is 12.0. The van der Waals surface area contributed by atoms with Gasteiger partial charge in [-0.15, -0.1) is 0 Å². The zero-order valence-electron chi connectivity index (χ0n) is 10.3. The highest BCUT2D eigenvalue weighted by molar-refractivity contribution is 5.94. The molecule has 0 saturated heterocycles. The van der Waals surface area contributed by atoms with Gasteiger partial charge >= 0.3 is 0 Å². The van der Waals surface area contributed by atoms with Crippen LogP contribution in [-0.2, 0) is 0 Å². The molecule has 3 heteroatoms. The standard InChI is InChI=1S/C13H20N2O/c1-11(16)12-6-4-7-13(10-12)14-8-5-9-15(2)3/h4,6-7,10,14H,5,8-9H2,1-3H3. The fourth-order valence-electron chi connectivity index (χ4n) is 1.48. The van der Waals surface area contributed by atoms with Gasteiger partial charge in [-0.3, -0.25) is 4.79 Å². The van der Waals surface area contributed by atoms with Gasteiger partial charge < -0.3 is 10.2 Å². The first-order valence-corrected chi connectivity index (χ1v) is 5.59. The summed E-state index contributed by atoms with van der Waals surface area (Å²) in [6.45, 7) is 3.59. The molecule has 1 N–H and O–H groups in total. The van der Waals surface area contributed by atoms with Gasteiger partial charge in [0.2, 0.25) is 0 Å². The Morgan fingerprint density at radius 3 is 2.75 bits per heavy atom. The molecule has 1 aromatic rings. The number of Topliss-reactive ketones (excluding diaryl/α,β-unsaturated/α-hetero) is 1. The van der Waals surface area contributed by atoms with Crippen LogP contribution in [0, 0.1) is 0 Å². The van der Waals surface area contributed by atoms with Crippen LogP contribution in [0.25, 0.3) is 0 Å². The highest BCUT2D eigenvalue weighted by atomic mass is 16.1. The van der Waals surface area contributed by atoms with Crippen molar-refractivity contribution in [3.05, 3.63) is 29.8 Å². The fourth-order valence-corrected chi connectivity index (χ4v) is 1.48. The molecule has 0 fully saturated rings. The Hall–Kier alpha value is -1.35. The third kappa shape index (κ3) is 4.45. The van der Waals surface area contributed by atoms with Crippen molar-refractivity contribution in [2.24, 2.45) is 0 Å². The van der Waals surface area contributed by atoms with Gasteiger partial charge in [-0.25, -0.2) is 0 Å². The summed E-state index contributed by atoms with van der Waals surface area (Å²) < 4.78 is 0. The normalized spacial score (nSPS) is 10.5. The molecule has 0 amide bonds. The summed E-state index contributed by atoms with van der Waals surface area (Å²) in [5.41, 5.74) is 1.78. The van der Waals surface area contributed by atoms with E-state index in [1.807, 2.05) is 24.3 Å².